The number of amides is 2. The van der Waals surface area contributed by atoms with Gasteiger partial charge in [0.2, 0.25) is 5.91 Å². The first kappa shape index (κ1) is 18.4. The molecule has 1 atom stereocenters. The van der Waals surface area contributed by atoms with Crippen molar-refractivity contribution in [2.75, 3.05) is 13.1 Å². The first-order chi connectivity index (χ1) is 13.0. The molecule has 0 radical (unpaired) electrons. The van der Waals surface area contributed by atoms with Gasteiger partial charge in [-0.25, -0.2) is 0 Å². The zero-order chi connectivity index (χ0) is 19.4. The molecule has 0 bridgehead atoms. The summed E-state index contributed by atoms with van der Waals surface area (Å²) in [6, 6.07) is 17.0. The van der Waals surface area contributed by atoms with Gasteiger partial charge in [-0.2, -0.15) is 0 Å². The number of aliphatic hydroxyl groups is 1. The van der Waals surface area contributed by atoms with Crippen LogP contribution in [0.3, 0.4) is 0 Å². The molecule has 6 heteroatoms. The molecule has 2 amide bonds. The van der Waals surface area contributed by atoms with Crippen molar-refractivity contribution >= 4 is 23.4 Å². The SMILES string of the molecule is CC(=O)NCCN1C(=O)C(=O)/C(=C(/O)c2ccccc2)[C@H]1c1ccccc1. The highest BCUT2D eigenvalue weighted by Gasteiger charge is 2.45. The summed E-state index contributed by atoms with van der Waals surface area (Å²) in [4.78, 5) is 37.9. The summed E-state index contributed by atoms with van der Waals surface area (Å²) in [7, 11) is 0. The molecule has 0 saturated carbocycles. The maximum Gasteiger partial charge on any atom is 0.295 e. The molecule has 2 N–H and O–H groups in total. The summed E-state index contributed by atoms with van der Waals surface area (Å²) >= 11 is 0. The second-order valence-electron chi connectivity index (χ2n) is 6.25. The Balaban J connectivity index is 2.07. The van der Waals surface area contributed by atoms with Gasteiger partial charge in [0.25, 0.3) is 11.7 Å². The number of nitrogens with zero attached hydrogens (tertiary/aromatic N) is 1. The molecule has 2 aromatic rings. The van der Waals surface area contributed by atoms with E-state index in [1.165, 1.54) is 11.8 Å². The molecule has 1 aliphatic rings. The minimum atomic E-state index is -0.729. The van der Waals surface area contributed by atoms with Gasteiger partial charge in [-0.1, -0.05) is 60.7 Å². The van der Waals surface area contributed by atoms with Crippen molar-refractivity contribution in [3.8, 4) is 0 Å². The summed E-state index contributed by atoms with van der Waals surface area (Å²) in [5.41, 5.74) is 1.25. The van der Waals surface area contributed by atoms with E-state index in [1.54, 1.807) is 42.5 Å². The fraction of sp³-hybridized carbons (Fsp3) is 0.190. The van der Waals surface area contributed by atoms with Crippen molar-refractivity contribution in [3.05, 3.63) is 77.4 Å². The van der Waals surface area contributed by atoms with Crippen molar-refractivity contribution in [3.63, 3.8) is 0 Å². The highest BCUT2D eigenvalue weighted by Crippen LogP contribution is 2.38. The average molecular weight is 364 g/mol. The Morgan fingerprint density at radius 3 is 2.22 bits per heavy atom. The highest BCUT2D eigenvalue weighted by atomic mass is 16.3. The Morgan fingerprint density at radius 1 is 1.04 bits per heavy atom. The number of ketones is 1. The number of hydrogen-bond acceptors (Lipinski definition) is 4. The molecule has 138 valence electrons. The predicted octanol–water partition coefficient (Wildman–Crippen LogP) is 2.24. The van der Waals surface area contributed by atoms with Gasteiger partial charge < -0.3 is 15.3 Å². The van der Waals surface area contributed by atoms with Crippen LogP contribution in [0.25, 0.3) is 5.76 Å². The number of aliphatic hydroxyl groups excluding tert-OH is 1. The van der Waals surface area contributed by atoms with Crippen LogP contribution in [-0.2, 0) is 14.4 Å². The maximum atomic E-state index is 12.7. The van der Waals surface area contributed by atoms with Gasteiger partial charge >= 0.3 is 0 Å². The van der Waals surface area contributed by atoms with Crippen LogP contribution >= 0.6 is 0 Å². The summed E-state index contributed by atoms with van der Waals surface area (Å²) < 4.78 is 0. The van der Waals surface area contributed by atoms with Gasteiger partial charge in [-0.15, -0.1) is 0 Å². The third-order valence-corrected chi connectivity index (χ3v) is 4.43. The van der Waals surface area contributed by atoms with Gasteiger partial charge in [0.1, 0.15) is 5.76 Å². The third-order valence-electron chi connectivity index (χ3n) is 4.43. The monoisotopic (exact) mass is 364 g/mol. The normalized spacial score (nSPS) is 18.6. The largest absolute Gasteiger partial charge is 0.507 e. The molecule has 1 fully saturated rings. The Labute approximate surface area is 157 Å². The molecule has 0 spiro atoms. The lowest BCUT2D eigenvalue weighted by molar-refractivity contribution is -0.139. The first-order valence-corrected chi connectivity index (χ1v) is 8.64. The summed E-state index contributed by atoms with van der Waals surface area (Å²) in [6.07, 6.45) is 0. The van der Waals surface area contributed by atoms with Crippen LogP contribution in [0.4, 0.5) is 0 Å². The number of nitrogens with one attached hydrogen (secondary N) is 1. The number of Topliss-reactive ketones (excluding diaryl/α,β-unsaturated/α-hetero) is 1. The quantitative estimate of drug-likeness (QED) is 0.484. The fourth-order valence-corrected chi connectivity index (χ4v) is 3.20. The fourth-order valence-electron chi connectivity index (χ4n) is 3.20. The predicted molar refractivity (Wildman–Crippen MR) is 101 cm³/mol. The van der Waals surface area contributed by atoms with E-state index in [-0.39, 0.29) is 30.3 Å². The lowest BCUT2D eigenvalue weighted by atomic mass is 9.95. The molecule has 0 unspecified atom stereocenters. The summed E-state index contributed by atoms with van der Waals surface area (Å²) in [6.45, 7) is 1.77. The van der Waals surface area contributed by atoms with E-state index in [9.17, 15) is 19.5 Å². The topological polar surface area (TPSA) is 86.7 Å². The average Bonchev–Trinajstić information content (AvgIpc) is 2.93. The van der Waals surface area contributed by atoms with E-state index in [0.717, 1.165) is 5.56 Å². The van der Waals surface area contributed by atoms with E-state index in [2.05, 4.69) is 5.32 Å². The standard InChI is InChI=1S/C21H20N2O4/c1-14(24)22-12-13-23-18(15-8-4-2-5-9-15)17(20(26)21(23)27)19(25)16-10-6-3-7-11-16/h2-11,18,25H,12-13H2,1H3,(H,22,24)/b19-17+/t18-/m1/s1. The molecular formula is C21H20N2O4. The van der Waals surface area contributed by atoms with Gasteiger partial charge in [0.05, 0.1) is 11.6 Å². The first-order valence-electron chi connectivity index (χ1n) is 8.64. The second kappa shape index (κ2) is 7.86. The van der Waals surface area contributed by atoms with Gasteiger partial charge in [-0.3, -0.25) is 14.4 Å². The van der Waals surface area contributed by atoms with Crippen LogP contribution < -0.4 is 5.32 Å². The van der Waals surface area contributed by atoms with Crippen molar-refractivity contribution < 1.29 is 19.5 Å². The molecule has 0 aliphatic carbocycles. The summed E-state index contributed by atoms with van der Waals surface area (Å²) in [5, 5.41) is 13.4. The number of carbonyl (C=O) groups excluding carboxylic acids is 3. The number of benzene rings is 2. The van der Waals surface area contributed by atoms with Crippen molar-refractivity contribution in [2.45, 2.75) is 13.0 Å². The van der Waals surface area contributed by atoms with Crippen molar-refractivity contribution in [2.24, 2.45) is 0 Å². The summed E-state index contributed by atoms with van der Waals surface area (Å²) in [5.74, 6) is -1.84. The molecule has 27 heavy (non-hydrogen) atoms. The third kappa shape index (κ3) is 3.74. The highest BCUT2D eigenvalue weighted by molar-refractivity contribution is 6.46. The minimum absolute atomic E-state index is 0.0558. The van der Waals surface area contributed by atoms with Crippen molar-refractivity contribution in [1.82, 2.24) is 10.2 Å². The number of hydrogen-bond donors (Lipinski definition) is 2. The Hall–Kier alpha value is -3.41. The van der Waals surface area contributed by atoms with Crippen LogP contribution in [0, 0.1) is 0 Å². The Morgan fingerprint density at radius 2 is 1.63 bits per heavy atom. The molecule has 0 aromatic heterocycles. The molecule has 3 rings (SSSR count). The Bertz CT molecular complexity index is 891. The van der Waals surface area contributed by atoms with E-state index in [1.807, 2.05) is 18.2 Å². The van der Waals surface area contributed by atoms with Crippen LogP contribution in [0.15, 0.2) is 66.2 Å². The smallest absolute Gasteiger partial charge is 0.295 e. The lowest BCUT2D eigenvalue weighted by Gasteiger charge is -2.25. The van der Waals surface area contributed by atoms with E-state index in [0.29, 0.717) is 5.56 Å². The van der Waals surface area contributed by atoms with Gasteiger partial charge in [0, 0.05) is 25.6 Å². The van der Waals surface area contributed by atoms with Crippen molar-refractivity contribution in [1.29, 1.82) is 0 Å². The van der Waals surface area contributed by atoms with Gasteiger partial charge in [-0.05, 0) is 5.56 Å². The second-order valence-corrected chi connectivity index (χ2v) is 6.25. The van der Waals surface area contributed by atoms with E-state index >= 15 is 0 Å². The maximum absolute atomic E-state index is 12.7. The Kier molecular flexibility index (Phi) is 5.35. The van der Waals surface area contributed by atoms with E-state index < -0.39 is 17.7 Å². The minimum Gasteiger partial charge on any atom is -0.507 e. The van der Waals surface area contributed by atoms with Crippen LogP contribution in [0.5, 0.6) is 0 Å². The van der Waals surface area contributed by atoms with Crippen LogP contribution in [0.2, 0.25) is 0 Å². The number of rotatable bonds is 5. The molecular weight excluding hydrogens is 344 g/mol. The number of carbonyl (C=O) groups is 3. The molecule has 1 aliphatic heterocycles. The lowest BCUT2D eigenvalue weighted by Crippen LogP contribution is -2.37. The van der Waals surface area contributed by atoms with Crippen LogP contribution in [-0.4, -0.2) is 40.7 Å². The van der Waals surface area contributed by atoms with E-state index in [4.69, 9.17) is 0 Å². The zero-order valence-corrected chi connectivity index (χ0v) is 14.9. The zero-order valence-electron chi connectivity index (χ0n) is 14.9. The van der Waals surface area contributed by atoms with Crippen LogP contribution in [0.1, 0.15) is 24.1 Å². The molecule has 1 heterocycles. The molecule has 1 saturated heterocycles. The molecule has 6 nitrogen and oxygen atoms in total. The number of likely N-dealkylation sites (tertiary alicyclic amines) is 1. The van der Waals surface area contributed by atoms with Gasteiger partial charge in [0.15, 0.2) is 0 Å². The molecule has 2 aromatic carbocycles.